The molecule has 0 aromatic heterocycles. The Kier molecular flexibility index (Phi) is 2.73. The fourth-order valence-electron chi connectivity index (χ4n) is 2.03. The summed E-state index contributed by atoms with van der Waals surface area (Å²) in [5.74, 6) is 0.0310. The van der Waals surface area contributed by atoms with Gasteiger partial charge in [-0.2, -0.15) is 0 Å². The van der Waals surface area contributed by atoms with Crippen LogP contribution < -0.4 is 0 Å². The van der Waals surface area contributed by atoms with Crippen LogP contribution >= 0.6 is 0 Å². The number of carbonyl (C=O) groups is 1. The average molecular weight is 205 g/mol. The Morgan fingerprint density at radius 2 is 2.07 bits per heavy atom. The molecule has 1 aliphatic heterocycles. The standard InChI is InChI=1S/C12H15NO2/c1-13-10(11(14)8-12(13)15)7-9-5-3-2-4-6-9/h2-6,10-11,14H,7-8H2,1H3/t10-,11+/m0/s1. The fourth-order valence-corrected chi connectivity index (χ4v) is 2.03. The Hall–Kier alpha value is -1.35. The molecule has 3 heteroatoms. The van der Waals surface area contributed by atoms with Crippen molar-refractivity contribution in [3.63, 3.8) is 0 Å². The second kappa shape index (κ2) is 4.03. The van der Waals surface area contributed by atoms with Crippen molar-refractivity contribution in [1.29, 1.82) is 0 Å². The Bertz CT molecular complexity index is 350. The third kappa shape index (κ3) is 2.02. The van der Waals surface area contributed by atoms with E-state index >= 15 is 0 Å². The van der Waals surface area contributed by atoms with Gasteiger partial charge < -0.3 is 10.0 Å². The minimum Gasteiger partial charge on any atom is -0.390 e. The predicted octanol–water partition coefficient (Wildman–Crippen LogP) is 0.821. The van der Waals surface area contributed by atoms with Gasteiger partial charge in [0.25, 0.3) is 0 Å². The third-order valence-electron chi connectivity index (χ3n) is 3.01. The highest BCUT2D eigenvalue weighted by molar-refractivity contribution is 5.79. The van der Waals surface area contributed by atoms with Gasteiger partial charge in [0.1, 0.15) is 0 Å². The van der Waals surface area contributed by atoms with Crippen LogP contribution in [0.4, 0.5) is 0 Å². The number of hydrogen-bond donors (Lipinski definition) is 1. The highest BCUT2D eigenvalue weighted by atomic mass is 16.3. The molecule has 0 saturated carbocycles. The van der Waals surface area contributed by atoms with Gasteiger partial charge in [-0.15, -0.1) is 0 Å². The molecule has 0 spiro atoms. The quantitative estimate of drug-likeness (QED) is 0.776. The van der Waals surface area contributed by atoms with Crippen LogP contribution in [0.2, 0.25) is 0 Å². The van der Waals surface area contributed by atoms with Crippen LogP contribution in [0.5, 0.6) is 0 Å². The molecule has 1 saturated heterocycles. The lowest BCUT2D eigenvalue weighted by Gasteiger charge is -2.22. The van der Waals surface area contributed by atoms with Crippen molar-refractivity contribution >= 4 is 5.91 Å². The summed E-state index contributed by atoms with van der Waals surface area (Å²) in [7, 11) is 1.76. The van der Waals surface area contributed by atoms with E-state index in [1.165, 1.54) is 0 Å². The molecule has 1 fully saturated rings. The number of nitrogens with zero attached hydrogens (tertiary/aromatic N) is 1. The van der Waals surface area contributed by atoms with Gasteiger partial charge in [-0.25, -0.2) is 0 Å². The molecule has 15 heavy (non-hydrogen) atoms. The summed E-state index contributed by atoms with van der Waals surface area (Å²) in [4.78, 5) is 13.0. The number of aliphatic hydroxyl groups is 1. The summed E-state index contributed by atoms with van der Waals surface area (Å²) in [6, 6.07) is 9.87. The zero-order chi connectivity index (χ0) is 10.8. The SMILES string of the molecule is CN1C(=O)C[C@@H](O)[C@@H]1Cc1ccccc1. The van der Waals surface area contributed by atoms with Gasteiger partial charge in [0.2, 0.25) is 5.91 Å². The van der Waals surface area contributed by atoms with Crippen LogP contribution in [0.25, 0.3) is 0 Å². The first-order valence-corrected chi connectivity index (χ1v) is 5.16. The smallest absolute Gasteiger partial charge is 0.225 e. The molecule has 1 amide bonds. The Morgan fingerprint density at radius 1 is 1.40 bits per heavy atom. The number of aliphatic hydroxyl groups excluding tert-OH is 1. The molecule has 0 radical (unpaired) electrons. The molecule has 80 valence electrons. The van der Waals surface area contributed by atoms with E-state index < -0.39 is 6.10 Å². The Labute approximate surface area is 89.3 Å². The van der Waals surface area contributed by atoms with Gasteiger partial charge in [0, 0.05) is 7.05 Å². The normalized spacial score (nSPS) is 26.0. The van der Waals surface area contributed by atoms with Crippen LogP contribution in [0.1, 0.15) is 12.0 Å². The van der Waals surface area contributed by atoms with Crippen LogP contribution in [0, 0.1) is 0 Å². The maximum atomic E-state index is 11.4. The zero-order valence-corrected chi connectivity index (χ0v) is 8.76. The maximum Gasteiger partial charge on any atom is 0.225 e. The van der Waals surface area contributed by atoms with E-state index in [0.29, 0.717) is 0 Å². The van der Waals surface area contributed by atoms with E-state index in [-0.39, 0.29) is 18.4 Å². The zero-order valence-electron chi connectivity index (χ0n) is 8.76. The first-order chi connectivity index (χ1) is 7.18. The van der Waals surface area contributed by atoms with Gasteiger partial charge in [-0.3, -0.25) is 4.79 Å². The van der Waals surface area contributed by atoms with Crippen molar-refractivity contribution in [2.75, 3.05) is 7.05 Å². The van der Waals surface area contributed by atoms with E-state index in [9.17, 15) is 9.90 Å². The van der Waals surface area contributed by atoms with E-state index in [1.54, 1.807) is 11.9 Å². The minimum atomic E-state index is -0.525. The van der Waals surface area contributed by atoms with Gasteiger partial charge in [-0.05, 0) is 12.0 Å². The monoisotopic (exact) mass is 205 g/mol. The molecule has 2 atom stereocenters. The first-order valence-electron chi connectivity index (χ1n) is 5.16. The van der Waals surface area contributed by atoms with Crippen LogP contribution in [0.15, 0.2) is 30.3 Å². The highest BCUT2D eigenvalue weighted by Gasteiger charge is 2.35. The molecule has 1 aromatic carbocycles. The van der Waals surface area contributed by atoms with Crippen molar-refractivity contribution in [1.82, 2.24) is 4.90 Å². The average Bonchev–Trinajstić information content (AvgIpc) is 2.47. The molecule has 1 N–H and O–H groups in total. The molecule has 0 unspecified atom stereocenters. The summed E-state index contributed by atoms with van der Waals surface area (Å²) in [6.45, 7) is 0. The molecule has 3 nitrogen and oxygen atoms in total. The topological polar surface area (TPSA) is 40.5 Å². The second-order valence-electron chi connectivity index (χ2n) is 4.03. The Balaban J connectivity index is 2.09. The van der Waals surface area contributed by atoms with Crippen molar-refractivity contribution < 1.29 is 9.90 Å². The summed E-state index contributed by atoms with van der Waals surface area (Å²) in [5.41, 5.74) is 1.16. The lowest BCUT2D eigenvalue weighted by molar-refractivity contribution is -0.127. The maximum absolute atomic E-state index is 11.4. The number of hydrogen-bond acceptors (Lipinski definition) is 2. The van der Waals surface area contributed by atoms with Crippen molar-refractivity contribution in [3.8, 4) is 0 Å². The Morgan fingerprint density at radius 3 is 2.60 bits per heavy atom. The van der Waals surface area contributed by atoms with Crippen LogP contribution in [-0.2, 0) is 11.2 Å². The van der Waals surface area contributed by atoms with E-state index in [2.05, 4.69) is 0 Å². The molecule has 0 bridgehead atoms. The van der Waals surface area contributed by atoms with Crippen LogP contribution in [-0.4, -0.2) is 35.1 Å². The highest BCUT2D eigenvalue weighted by Crippen LogP contribution is 2.20. The number of carbonyl (C=O) groups excluding carboxylic acids is 1. The van der Waals surface area contributed by atoms with Gasteiger partial charge in [0.15, 0.2) is 0 Å². The number of benzene rings is 1. The van der Waals surface area contributed by atoms with Gasteiger partial charge >= 0.3 is 0 Å². The van der Waals surface area contributed by atoms with Gasteiger partial charge in [-0.1, -0.05) is 30.3 Å². The molecular formula is C12H15NO2. The lowest BCUT2D eigenvalue weighted by atomic mass is 10.0. The summed E-state index contributed by atoms with van der Waals surface area (Å²) in [6.07, 6.45) is 0.459. The fraction of sp³-hybridized carbons (Fsp3) is 0.417. The van der Waals surface area contributed by atoms with Crippen LogP contribution in [0.3, 0.4) is 0 Å². The number of amides is 1. The number of likely N-dealkylation sites (N-methyl/N-ethyl adjacent to an activating group) is 1. The summed E-state index contributed by atoms with van der Waals surface area (Å²) >= 11 is 0. The molecule has 1 heterocycles. The predicted molar refractivity (Wildman–Crippen MR) is 57.3 cm³/mol. The summed E-state index contributed by atoms with van der Waals surface area (Å²) < 4.78 is 0. The lowest BCUT2D eigenvalue weighted by Crippen LogP contribution is -2.35. The molecule has 1 aliphatic rings. The van der Waals surface area contributed by atoms with Crippen molar-refractivity contribution in [2.24, 2.45) is 0 Å². The van der Waals surface area contributed by atoms with Crippen molar-refractivity contribution in [2.45, 2.75) is 25.0 Å². The number of likely N-dealkylation sites (tertiary alicyclic amines) is 1. The first kappa shape index (κ1) is 10.2. The second-order valence-corrected chi connectivity index (χ2v) is 4.03. The van der Waals surface area contributed by atoms with Crippen molar-refractivity contribution in [3.05, 3.63) is 35.9 Å². The van der Waals surface area contributed by atoms with E-state index in [0.717, 1.165) is 12.0 Å². The largest absolute Gasteiger partial charge is 0.390 e. The molecule has 0 aliphatic carbocycles. The van der Waals surface area contributed by atoms with E-state index in [1.807, 2.05) is 30.3 Å². The number of rotatable bonds is 2. The van der Waals surface area contributed by atoms with E-state index in [4.69, 9.17) is 0 Å². The molecular weight excluding hydrogens is 190 g/mol. The minimum absolute atomic E-state index is 0.0310. The molecule has 2 rings (SSSR count). The summed E-state index contributed by atoms with van der Waals surface area (Å²) in [5, 5.41) is 9.73. The third-order valence-corrected chi connectivity index (χ3v) is 3.01. The van der Waals surface area contributed by atoms with Gasteiger partial charge in [0.05, 0.1) is 18.6 Å². The molecule has 1 aromatic rings.